The van der Waals surface area contributed by atoms with E-state index in [1.807, 2.05) is 24.3 Å². The van der Waals surface area contributed by atoms with E-state index in [0.29, 0.717) is 0 Å². The zero-order chi connectivity index (χ0) is 17.6. The van der Waals surface area contributed by atoms with Crippen molar-refractivity contribution < 1.29 is 19.8 Å². The summed E-state index contributed by atoms with van der Waals surface area (Å²) in [7, 11) is 0. The molecular weight excluding hydrogens is 328 g/mol. The summed E-state index contributed by atoms with van der Waals surface area (Å²) >= 11 is 0. The second-order valence-corrected chi connectivity index (χ2v) is 8.70. The molecule has 0 amide bonds. The first kappa shape index (κ1) is 13.6. The Balaban J connectivity index is 1.64. The fraction of sp³-hybridized carbons (Fsp3) is 0.364. The highest BCUT2D eigenvalue weighted by molar-refractivity contribution is 5.96. The zero-order valence-electron chi connectivity index (χ0n) is 13.8. The molecule has 0 bridgehead atoms. The molecule has 4 atom stereocenters. The van der Waals surface area contributed by atoms with Crippen LogP contribution in [0.4, 0.5) is 0 Å². The van der Waals surface area contributed by atoms with Crippen LogP contribution in [0.15, 0.2) is 48.5 Å². The molecule has 4 nitrogen and oxygen atoms in total. The minimum absolute atomic E-state index is 0.00769. The summed E-state index contributed by atoms with van der Waals surface area (Å²) in [6, 6.07) is 16.3. The fourth-order valence-corrected chi connectivity index (χ4v) is 8.40. The molecule has 4 heteroatoms. The summed E-state index contributed by atoms with van der Waals surface area (Å²) in [6.07, 6.45) is 0. The van der Waals surface area contributed by atoms with Gasteiger partial charge in [0.1, 0.15) is 0 Å². The monoisotopic (exact) mass is 344 g/mol. The van der Waals surface area contributed by atoms with E-state index in [2.05, 4.69) is 24.3 Å². The Morgan fingerprint density at radius 1 is 0.654 bits per heavy atom. The first-order chi connectivity index (χ1) is 12.6. The third-order valence-electron chi connectivity index (χ3n) is 8.65. The molecule has 0 heterocycles. The summed E-state index contributed by atoms with van der Waals surface area (Å²) in [4.78, 5) is 25.0. The number of carboxylic acids is 2. The number of hydrogen-bond acceptors (Lipinski definition) is 2. The summed E-state index contributed by atoms with van der Waals surface area (Å²) in [5.74, 6) is -2.31. The SMILES string of the molecule is O=C(O)C12C3[C@@H]4c5ccccc5[C@H]5[C@@H](c6ccccc6[C@@H]41)C2C35C(=O)O. The van der Waals surface area contributed by atoms with Crippen LogP contribution < -0.4 is 0 Å². The van der Waals surface area contributed by atoms with E-state index >= 15 is 0 Å². The molecule has 3 saturated carbocycles. The van der Waals surface area contributed by atoms with Gasteiger partial charge in [-0.05, 0) is 34.1 Å². The number of hydrogen-bond donors (Lipinski definition) is 2. The average molecular weight is 344 g/mol. The third-order valence-corrected chi connectivity index (χ3v) is 8.65. The van der Waals surface area contributed by atoms with Crippen LogP contribution in [0.2, 0.25) is 0 Å². The van der Waals surface area contributed by atoms with Gasteiger partial charge in [0.15, 0.2) is 0 Å². The van der Waals surface area contributed by atoms with Crippen LogP contribution in [-0.4, -0.2) is 22.2 Å². The molecule has 128 valence electrons. The molecule has 0 saturated heterocycles. The molecule has 0 aromatic heterocycles. The highest BCUT2D eigenvalue weighted by Gasteiger charge is 2.98. The molecule has 5 aliphatic carbocycles. The van der Waals surface area contributed by atoms with Crippen molar-refractivity contribution in [1.82, 2.24) is 0 Å². The maximum atomic E-state index is 12.5. The van der Waals surface area contributed by atoms with Gasteiger partial charge in [-0.3, -0.25) is 9.59 Å². The second kappa shape index (κ2) is 3.59. The summed E-state index contributed by atoms with van der Waals surface area (Å²) in [5, 5.41) is 20.5. The van der Waals surface area contributed by atoms with E-state index in [1.54, 1.807) is 0 Å². The van der Waals surface area contributed by atoms with Crippen molar-refractivity contribution in [2.75, 3.05) is 0 Å². The van der Waals surface area contributed by atoms with E-state index in [1.165, 1.54) is 11.1 Å². The molecule has 0 radical (unpaired) electrons. The fourth-order valence-electron chi connectivity index (χ4n) is 8.40. The number of carboxylic acid groups (broad SMARTS) is 2. The summed E-state index contributed by atoms with van der Waals surface area (Å²) in [6.45, 7) is 0. The molecular formula is C22H16O4. The Hall–Kier alpha value is -2.62. The van der Waals surface area contributed by atoms with Crippen LogP contribution in [0.5, 0.6) is 0 Å². The van der Waals surface area contributed by atoms with Crippen molar-refractivity contribution in [3.8, 4) is 0 Å². The van der Waals surface area contributed by atoms with Gasteiger partial charge in [0.2, 0.25) is 0 Å². The number of fused-ring (bicyclic) bond motifs is 8. The van der Waals surface area contributed by atoms with E-state index in [4.69, 9.17) is 0 Å². The van der Waals surface area contributed by atoms with Gasteiger partial charge in [0.05, 0.1) is 10.8 Å². The minimum atomic E-state index is -0.883. The lowest BCUT2D eigenvalue weighted by Crippen LogP contribution is -2.91. The summed E-state index contributed by atoms with van der Waals surface area (Å²) < 4.78 is 0. The van der Waals surface area contributed by atoms with E-state index in [0.717, 1.165) is 11.1 Å². The molecule has 2 N–H and O–H groups in total. The highest BCUT2D eigenvalue weighted by atomic mass is 16.4. The molecule has 0 unspecified atom stereocenters. The number of aliphatic carboxylic acids is 2. The molecule has 26 heavy (non-hydrogen) atoms. The lowest BCUT2D eigenvalue weighted by atomic mass is 9.09. The first-order valence-electron chi connectivity index (χ1n) is 9.23. The molecule has 7 rings (SSSR count). The van der Waals surface area contributed by atoms with Crippen molar-refractivity contribution >= 4 is 11.9 Å². The van der Waals surface area contributed by atoms with Crippen molar-refractivity contribution in [3.63, 3.8) is 0 Å². The van der Waals surface area contributed by atoms with Gasteiger partial charge in [-0.1, -0.05) is 48.5 Å². The summed E-state index contributed by atoms with van der Waals surface area (Å²) in [5.41, 5.74) is 2.92. The maximum Gasteiger partial charge on any atom is 0.310 e. The Labute approximate surface area is 149 Å². The third kappa shape index (κ3) is 0.899. The standard InChI is InChI=1S/C22H16O4/c23-19(24)21-15-11-7-3-1-5-9(11)13-16-12-8-4-2-6-10(12)14(15)18(21)22(16,17(13)21)20(25)26/h1-8,13-18H,(H,23,24)(H,25,26)/t13-,14-,15+,16+,17?,18?,21?,22?/m1/s1. The van der Waals surface area contributed by atoms with Gasteiger partial charge in [-0.2, -0.15) is 0 Å². The normalized spacial score (nSPS) is 46.6. The zero-order valence-corrected chi connectivity index (χ0v) is 13.8. The maximum absolute atomic E-state index is 12.5. The van der Waals surface area contributed by atoms with Crippen LogP contribution in [0.1, 0.15) is 45.9 Å². The van der Waals surface area contributed by atoms with E-state index in [9.17, 15) is 19.8 Å². The highest BCUT2D eigenvalue weighted by Crippen LogP contribution is 2.98. The molecule has 0 aliphatic heterocycles. The average Bonchev–Trinajstić information content (AvgIpc) is 2.55. The first-order valence-corrected chi connectivity index (χ1v) is 9.23. The number of benzene rings is 2. The van der Waals surface area contributed by atoms with Crippen LogP contribution in [0, 0.1) is 22.7 Å². The van der Waals surface area contributed by atoms with Gasteiger partial charge < -0.3 is 10.2 Å². The number of carbonyl (C=O) groups is 2. The molecule has 5 aliphatic rings. The van der Waals surface area contributed by atoms with Crippen LogP contribution in [0.3, 0.4) is 0 Å². The Morgan fingerprint density at radius 3 is 1.35 bits per heavy atom. The molecule has 2 aromatic rings. The minimum Gasteiger partial charge on any atom is -0.481 e. The predicted octanol–water partition coefficient (Wildman–Crippen LogP) is 3.16. The van der Waals surface area contributed by atoms with Crippen molar-refractivity contribution in [3.05, 3.63) is 70.8 Å². The van der Waals surface area contributed by atoms with Crippen molar-refractivity contribution in [2.45, 2.75) is 23.7 Å². The molecule has 2 aromatic carbocycles. The van der Waals surface area contributed by atoms with Gasteiger partial charge in [0, 0.05) is 23.7 Å². The van der Waals surface area contributed by atoms with Crippen LogP contribution >= 0.6 is 0 Å². The van der Waals surface area contributed by atoms with Crippen LogP contribution in [-0.2, 0) is 9.59 Å². The molecule has 0 spiro atoms. The predicted molar refractivity (Wildman–Crippen MR) is 91.0 cm³/mol. The van der Waals surface area contributed by atoms with Crippen molar-refractivity contribution in [2.24, 2.45) is 22.7 Å². The van der Waals surface area contributed by atoms with E-state index in [-0.39, 0.29) is 35.5 Å². The lowest BCUT2D eigenvalue weighted by molar-refractivity contribution is -0.358. The topological polar surface area (TPSA) is 74.6 Å². The van der Waals surface area contributed by atoms with Gasteiger partial charge in [-0.15, -0.1) is 0 Å². The van der Waals surface area contributed by atoms with E-state index < -0.39 is 22.8 Å². The Bertz CT molecular complexity index is 976. The Kier molecular flexibility index (Phi) is 1.87. The largest absolute Gasteiger partial charge is 0.481 e. The number of rotatable bonds is 2. The quantitative estimate of drug-likeness (QED) is 0.877. The Morgan fingerprint density at radius 2 is 1.00 bits per heavy atom. The van der Waals surface area contributed by atoms with Gasteiger partial charge in [0.25, 0.3) is 0 Å². The molecule has 3 fully saturated rings. The lowest BCUT2D eigenvalue weighted by Gasteiger charge is -2.90. The second-order valence-electron chi connectivity index (χ2n) is 8.70. The van der Waals surface area contributed by atoms with Crippen molar-refractivity contribution in [1.29, 1.82) is 0 Å². The van der Waals surface area contributed by atoms with Gasteiger partial charge in [-0.25, -0.2) is 0 Å². The smallest absolute Gasteiger partial charge is 0.310 e. The van der Waals surface area contributed by atoms with Crippen LogP contribution in [0.25, 0.3) is 0 Å². The van der Waals surface area contributed by atoms with Gasteiger partial charge >= 0.3 is 11.9 Å².